The van der Waals surface area contributed by atoms with Crippen molar-refractivity contribution >= 4 is 17.8 Å². The lowest BCUT2D eigenvalue weighted by atomic mass is 9.81. The lowest BCUT2D eigenvalue weighted by Gasteiger charge is -2.47. The first-order valence-electron chi connectivity index (χ1n) is 9.28. The molecule has 3 heterocycles. The highest BCUT2D eigenvalue weighted by atomic mass is 16.6. The molecule has 0 saturated carbocycles. The Morgan fingerprint density at radius 2 is 1.70 bits per heavy atom. The molecule has 0 aliphatic carbocycles. The standard InChI is InChI=1S/C19H28N4O4/c1-19(2,3)27-18(25)23-14-6-12(7-15(23)11-26-10-14)16(24)13-8-20-17(21-9-13)22(4)5/h8-9,12,14-15H,6-7,10-11H2,1-5H3. The number of morpholine rings is 1. The first-order chi connectivity index (χ1) is 12.7. The SMILES string of the molecule is CN(C)c1ncc(C(=O)C2CC3COCC(C2)N3C(=O)OC(C)(C)C)cn1. The van der Waals surface area contributed by atoms with E-state index >= 15 is 0 Å². The molecule has 0 aromatic carbocycles. The fraction of sp³-hybridized carbons (Fsp3) is 0.684. The fourth-order valence-electron chi connectivity index (χ4n) is 3.66. The van der Waals surface area contributed by atoms with E-state index < -0.39 is 5.60 Å². The molecule has 2 fully saturated rings. The second-order valence-electron chi connectivity index (χ2n) is 8.43. The van der Waals surface area contributed by atoms with Crippen molar-refractivity contribution in [2.24, 2.45) is 5.92 Å². The predicted octanol–water partition coefficient (Wildman–Crippen LogP) is 2.14. The van der Waals surface area contributed by atoms with Gasteiger partial charge in [0.1, 0.15) is 5.60 Å². The molecule has 0 N–H and O–H groups in total. The largest absolute Gasteiger partial charge is 0.444 e. The van der Waals surface area contributed by atoms with E-state index in [2.05, 4.69) is 9.97 Å². The summed E-state index contributed by atoms with van der Waals surface area (Å²) in [5.41, 5.74) is -0.0416. The summed E-state index contributed by atoms with van der Waals surface area (Å²) in [6.45, 7) is 6.41. The van der Waals surface area contributed by atoms with Gasteiger partial charge in [-0.1, -0.05) is 0 Å². The Bertz CT molecular complexity index is 685. The number of amides is 1. The van der Waals surface area contributed by atoms with Gasteiger partial charge in [-0.15, -0.1) is 0 Å². The summed E-state index contributed by atoms with van der Waals surface area (Å²) in [5.74, 6) is 0.425. The Morgan fingerprint density at radius 3 is 2.19 bits per heavy atom. The van der Waals surface area contributed by atoms with Crippen LogP contribution in [-0.2, 0) is 9.47 Å². The highest BCUT2D eigenvalue weighted by Gasteiger charge is 2.45. The first kappa shape index (κ1) is 19.5. The summed E-state index contributed by atoms with van der Waals surface area (Å²) in [6.07, 6.45) is 3.95. The summed E-state index contributed by atoms with van der Waals surface area (Å²) in [7, 11) is 3.70. The Kier molecular flexibility index (Phi) is 5.37. The van der Waals surface area contributed by atoms with E-state index in [-0.39, 0.29) is 29.9 Å². The van der Waals surface area contributed by atoms with E-state index in [4.69, 9.17) is 9.47 Å². The molecule has 8 nitrogen and oxygen atoms in total. The van der Waals surface area contributed by atoms with Crippen molar-refractivity contribution in [2.45, 2.75) is 51.3 Å². The quantitative estimate of drug-likeness (QED) is 0.747. The first-order valence-corrected chi connectivity index (χ1v) is 9.28. The van der Waals surface area contributed by atoms with Gasteiger partial charge < -0.3 is 14.4 Å². The van der Waals surface area contributed by atoms with Gasteiger partial charge in [0, 0.05) is 32.4 Å². The molecular formula is C19H28N4O4. The normalized spacial score (nSPS) is 25.1. The molecule has 1 amide bonds. The number of piperidine rings is 1. The molecule has 2 atom stereocenters. The minimum atomic E-state index is -0.551. The van der Waals surface area contributed by atoms with Crippen LogP contribution in [0.15, 0.2) is 12.4 Å². The number of anilines is 1. The number of hydrogen-bond donors (Lipinski definition) is 0. The third-order valence-electron chi connectivity index (χ3n) is 4.82. The van der Waals surface area contributed by atoms with Gasteiger partial charge in [-0.05, 0) is 33.6 Å². The number of ether oxygens (including phenoxy) is 2. The van der Waals surface area contributed by atoms with Crippen LogP contribution in [0.25, 0.3) is 0 Å². The summed E-state index contributed by atoms with van der Waals surface area (Å²) >= 11 is 0. The van der Waals surface area contributed by atoms with Crippen molar-refractivity contribution in [3.8, 4) is 0 Å². The van der Waals surface area contributed by atoms with Crippen molar-refractivity contribution in [3.63, 3.8) is 0 Å². The second-order valence-corrected chi connectivity index (χ2v) is 8.43. The molecule has 2 bridgehead atoms. The summed E-state index contributed by atoms with van der Waals surface area (Å²) in [6, 6.07) is -0.300. The van der Waals surface area contributed by atoms with Gasteiger partial charge >= 0.3 is 6.09 Å². The molecule has 3 rings (SSSR count). The zero-order chi connectivity index (χ0) is 19.8. The minimum absolute atomic E-state index is 0.0287. The van der Waals surface area contributed by atoms with Crippen molar-refractivity contribution in [2.75, 3.05) is 32.2 Å². The molecular weight excluding hydrogens is 348 g/mol. The number of rotatable bonds is 3. The van der Waals surface area contributed by atoms with E-state index in [0.29, 0.717) is 37.6 Å². The molecule has 8 heteroatoms. The van der Waals surface area contributed by atoms with Crippen molar-refractivity contribution in [1.29, 1.82) is 0 Å². The molecule has 1 aromatic heterocycles. The molecule has 1 aromatic rings. The highest BCUT2D eigenvalue weighted by Crippen LogP contribution is 2.34. The van der Waals surface area contributed by atoms with Crippen LogP contribution < -0.4 is 4.90 Å². The topological polar surface area (TPSA) is 84.9 Å². The van der Waals surface area contributed by atoms with Crippen molar-refractivity contribution in [3.05, 3.63) is 18.0 Å². The summed E-state index contributed by atoms with van der Waals surface area (Å²) in [4.78, 5) is 37.6. The Morgan fingerprint density at radius 1 is 1.15 bits per heavy atom. The van der Waals surface area contributed by atoms with Crippen LogP contribution >= 0.6 is 0 Å². The van der Waals surface area contributed by atoms with E-state index in [1.54, 1.807) is 22.2 Å². The molecule has 2 aliphatic heterocycles. The molecule has 27 heavy (non-hydrogen) atoms. The second kappa shape index (κ2) is 7.42. The number of Topliss-reactive ketones (excluding diaryl/α,β-unsaturated/α-hetero) is 1. The monoisotopic (exact) mass is 376 g/mol. The van der Waals surface area contributed by atoms with Crippen LogP contribution in [0.4, 0.5) is 10.7 Å². The Labute approximate surface area is 159 Å². The number of aromatic nitrogens is 2. The lowest BCUT2D eigenvalue weighted by Crippen LogP contribution is -2.60. The predicted molar refractivity (Wildman–Crippen MR) is 99.9 cm³/mol. The zero-order valence-electron chi connectivity index (χ0n) is 16.6. The van der Waals surface area contributed by atoms with E-state index in [1.807, 2.05) is 34.9 Å². The number of hydrogen-bond acceptors (Lipinski definition) is 7. The van der Waals surface area contributed by atoms with Gasteiger partial charge in [-0.25, -0.2) is 14.8 Å². The van der Waals surface area contributed by atoms with Gasteiger partial charge in [0.05, 0.1) is 30.9 Å². The molecule has 2 unspecified atom stereocenters. The van der Waals surface area contributed by atoms with Gasteiger partial charge in [0.25, 0.3) is 0 Å². The lowest BCUT2D eigenvalue weighted by molar-refractivity contribution is -0.0861. The molecule has 2 aliphatic rings. The van der Waals surface area contributed by atoms with Gasteiger partial charge in [-0.3, -0.25) is 9.69 Å². The third kappa shape index (κ3) is 4.37. The van der Waals surface area contributed by atoms with Crippen LogP contribution in [0.5, 0.6) is 0 Å². The summed E-state index contributed by atoms with van der Waals surface area (Å²) in [5, 5.41) is 0. The van der Waals surface area contributed by atoms with Crippen LogP contribution in [-0.4, -0.2) is 71.7 Å². The number of nitrogens with zero attached hydrogens (tertiary/aromatic N) is 4. The minimum Gasteiger partial charge on any atom is -0.444 e. The Balaban J connectivity index is 1.72. The van der Waals surface area contributed by atoms with Crippen LogP contribution in [0.3, 0.4) is 0 Å². The molecule has 0 radical (unpaired) electrons. The maximum Gasteiger partial charge on any atom is 0.410 e. The van der Waals surface area contributed by atoms with Crippen LogP contribution in [0.2, 0.25) is 0 Å². The third-order valence-corrected chi connectivity index (χ3v) is 4.82. The van der Waals surface area contributed by atoms with Crippen LogP contribution in [0.1, 0.15) is 44.0 Å². The molecule has 0 spiro atoms. The number of fused-ring (bicyclic) bond motifs is 2. The Hall–Kier alpha value is -2.22. The smallest absolute Gasteiger partial charge is 0.410 e. The number of ketones is 1. The molecule has 148 valence electrons. The van der Waals surface area contributed by atoms with E-state index in [9.17, 15) is 9.59 Å². The average molecular weight is 376 g/mol. The van der Waals surface area contributed by atoms with Gasteiger partial charge in [0.15, 0.2) is 5.78 Å². The fourth-order valence-corrected chi connectivity index (χ4v) is 3.66. The molecule has 2 saturated heterocycles. The van der Waals surface area contributed by atoms with E-state index in [0.717, 1.165) is 0 Å². The zero-order valence-corrected chi connectivity index (χ0v) is 16.6. The van der Waals surface area contributed by atoms with Crippen molar-refractivity contribution < 1.29 is 19.1 Å². The number of carbonyl (C=O) groups excluding carboxylic acids is 2. The number of carbonyl (C=O) groups is 2. The van der Waals surface area contributed by atoms with Crippen LogP contribution in [0, 0.1) is 5.92 Å². The van der Waals surface area contributed by atoms with Gasteiger partial charge in [-0.2, -0.15) is 0 Å². The van der Waals surface area contributed by atoms with Crippen molar-refractivity contribution in [1.82, 2.24) is 14.9 Å². The average Bonchev–Trinajstić information content (AvgIpc) is 2.58. The van der Waals surface area contributed by atoms with E-state index in [1.165, 1.54) is 0 Å². The highest BCUT2D eigenvalue weighted by molar-refractivity contribution is 5.97. The maximum atomic E-state index is 12.9. The summed E-state index contributed by atoms with van der Waals surface area (Å²) < 4.78 is 11.2. The van der Waals surface area contributed by atoms with Gasteiger partial charge in [0.2, 0.25) is 5.95 Å². The maximum absolute atomic E-state index is 12.9.